The molecule has 0 spiro atoms. The normalized spacial score (nSPS) is 16.6. The molecule has 3 aromatic carbocycles. The highest BCUT2D eigenvalue weighted by Crippen LogP contribution is 2.36. The summed E-state index contributed by atoms with van der Waals surface area (Å²) in [5.74, 6) is 0.740. The van der Waals surface area contributed by atoms with Gasteiger partial charge in [0.15, 0.2) is 0 Å². The van der Waals surface area contributed by atoms with E-state index in [1.165, 1.54) is 0 Å². The average Bonchev–Trinajstić information content (AvgIpc) is 2.96. The zero-order valence-electron chi connectivity index (χ0n) is 18.2. The molecule has 1 amide bonds. The van der Waals surface area contributed by atoms with Crippen LogP contribution < -0.4 is 10.7 Å². The maximum atomic E-state index is 12.8. The predicted molar refractivity (Wildman–Crippen MR) is 134 cm³/mol. The minimum absolute atomic E-state index is 0.165. The van der Waals surface area contributed by atoms with Gasteiger partial charge >= 0.3 is 0 Å². The first-order valence-corrected chi connectivity index (χ1v) is 11.6. The van der Waals surface area contributed by atoms with Crippen molar-refractivity contribution in [2.45, 2.75) is 0 Å². The summed E-state index contributed by atoms with van der Waals surface area (Å²) < 4.78 is 0.427. The van der Waals surface area contributed by atoms with Crippen molar-refractivity contribution in [2.75, 3.05) is 38.5 Å². The van der Waals surface area contributed by atoms with Gasteiger partial charge in [0, 0.05) is 16.3 Å². The zero-order valence-corrected chi connectivity index (χ0v) is 19.7. The number of halogens is 2. The molecule has 2 aliphatic rings. The molecule has 0 atom stereocenters. The Balaban J connectivity index is 1.39. The molecule has 0 bridgehead atoms. The van der Waals surface area contributed by atoms with E-state index in [1.807, 2.05) is 49.5 Å². The number of piperazine rings is 1. The van der Waals surface area contributed by atoms with Gasteiger partial charge in [-0.25, -0.2) is 9.58 Å². The fraction of sp³-hybridized carbons (Fsp3) is 0.200. The van der Waals surface area contributed by atoms with Crippen LogP contribution in [-0.2, 0) is 0 Å². The van der Waals surface area contributed by atoms with Gasteiger partial charge in [0.05, 0.1) is 42.1 Å². The number of hydrogen-bond acceptors (Lipinski definition) is 4. The van der Waals surface area contributed by atoms with E-state index in [2.05, 4.69) is 27.8 Å². The van der Waals surface area contributed by atoms with Gasteiger partial charge < -0.3 is 10.2 Å². The molecule has 1 fully saturated rings. The molecule has 0 aliphatic carbocycles. The van der Waals surface area contributed by atoms with Crippen LogP contribution in [0.1, 0.15) is 15.9 Å². The van der Waals surface area contributed by atoms with Gasteiger partial charge in [0.1, 0.15) is 18.9 Å². The summed E-state index contributed by atoms with van der Waals surface area (Å²) in [6.45, 7) is 2.94. The minimum atomic E-state index is -0.165. The van der Waals surface area contributed by atoms with E-state index >= 15 is 0 Å². The lowest BCUT2D eigenvalue weighted by molar-refractivity contribution is -0.946. The molecule has 8 heteroatoms. The number of anilines is 2. The quantitative estimate of drug-likeness (QED) is 0.493. The van der Waals surface area contributed by atoms with Gasteiger partial charge in [-0.3, -0.25) is 4.79 Å². The molecule has 0 saturated carbocycles. The number of aliphatic imine (C=N–C) groups is 1. The Bertz CT molecular complexity index is 1250. The molecule has 168 valence electrons. The number of carbonyl (C=O) groups excluding carboxylic acids is 1. The highest BCUT2D eigenvalue weighted by atomic mass is 35.5. The maximum absolute atomic E-state index is 12.8. The number of quaternary nitrogens is 1. The molecule has 1 saturated heterocycles. The Morgan fingerprint density at radius 3 is 2.52 bits per heavy atom. The number of benzene rings is 3. The Morgan fingerprint density at radius 1 is 1.00 bits per heavy atom. The summed E-state index contributed by atoms with van der Waals surface area (Å²) in [6, 6.07) is 21.0. The number of para-hydroxylation sites is 1. The molecular formula is C25H24Cl2N5O+. The molecule has 2 aliphatic heterocycles. The second kappa shape index (κ2) is 8.71. The van der Waals surface area contributed by atoms with Crippen molar-refractivity contribution in [3.63, 3.8) is 0 Å². The lowest BCUT2D eigenvalue weighted by Crippen LogP contribution is -2.65. The predicted octanol–water partition coefficient (Wildman–Crippen LogP) is 5.24. The van der Waals surface area contributed by atoms with Crippen molar-refractivity contribution in [1.82, 2.24) is 10.3 Å². The monoisotopic (exact) mass is 480 g/mol. The summed E-state index contributed by atoms with van der Waals surface area (Å²) in [5.41, 5.74) is 7.42. The molecule has 0 aromatic heterocycles. The third kappa shape index (κ3) is 4.42. The van der Waals surface area contributed by atoms with Crippen molar-refractivity contribution in [3.8, 4) is 0 Å². The van der Waals surface area contributed by atoms with E-state index in [-0.39, 0.29) is 5.91 Å². The highest BCUT2D eigenvalue weighted by Gasteiger charge is 2.34. The van der Waals surface area contributed by atoms with Crippen LogP contribution in [0.5, 0.6) is 0 Å². The van der Waals surface area contributed by atoms with Crippen LogP contribution in [-0.4, -0.2) is 54.5 Å². The first kappa shape index (κ1) is 21.8. The highest BCUT2D eigenvalue weighted by molar-refractivity contribution is 6.33. The van der Waals surface area contributed by atoms with Crippen LogP contribution in [0, 0.1) is 0 Å². The van der Waals surface area contributed by atoms with Crippen LogP contribution >= 0.6 is 23.2 Å². The Labute approximate surface area is 203 Å². The zero-order chi connectivity index (χ0) is 23.0. The average molecular weight is 481 g/mol. The second-order valence-electron chi connectivity index (χ2n) is 8.52. The number of rotatable bonds is 2. The van der Waals surface area contributed by atoms with Crippen molar-refractivity contribution in [2.24, 2.45) is 4.99 Å². The number of fused-ring (bicyclic) bond motifs is 2. The van der Waals surface area contributed by atoms with Crippen LogP contribution in [0.2, 0.25) is 10.0 Å². The topological polar surface area (TPSA) is 56.7 Å². The van der Waals surface area contributed by atoms with E-state index in [1.54, 1.807) is 12.1 Å². The lowest BCUT2D eigenvalue weighted by Gasteiger charge is -2.42. The van der Waals surface area contributed by atoms with E-state index in [0.29, 0.717) is 20.2 Å². The summed E-state index contributed by atoms with van der Waals surface area (Å²) in [7, 11) is 2.03. The fourth-order valence-electron chi connectivity index (χ4n) is 4.23. The number of hydrogen-bond donors (Lipinski definition) is 2. The standard InChI is InChI=1S/C25H23Cl2N5O/c1-32(30-25(33)18-6-2-4-8-20(18)27)14-12-31(13-15-32)24-19-7-3-5-9-21(19)28-22-11-10-17(26)16-23(22)29-24/h2-11,16H,12-15H2,1H3,(H-,28,29,30,33)/p+1. The first-order valence-electron chi connectivity index (χ1n) is 10.8. The Morgan fingerprint density at radius 2 is 1.73 bits per heavy atom. The van der Waals surface area contributed by atoms with E-state index in [9.17, 15) is 4.79 Å². The van der Waals surface area contributed by atoms with Crippen molar-refractivity contribution >= 4 is 52.0 Å². The first-order chi connectivity index (χ1) is 15.9. The summed E-state index contributed by atoms with van der Waals surface area (Å²) in [5, 5.41) is 4.59. The summed E-state index contributed by atoms with van der Waals surface area (Å²) in [4.78, 5) is 20.1. The number of carbonyl (C=O) groups is 1. The second-order valence-corrected chi connectivity index (χ2v) is 9.36. The van der Waals surface area contributed by atoms with Crippen molar-refractivity contribution in [3.05, 3.63) is 87.9 Å². The summed E-state index contributed by atoms with van der Waals surface area (Å²) in [6.07, 6.45) is 0. The largest absolute Gasteiger partial charge is 0.353 e. The number of nitrogens with one attached hydrogen (secondary N) is 2. The number of amides is 1. The SMILES string of the molecule is C[N+]1(NC(=O)c2ccccc2Cl)CCN(C2=Nc3cc(Cl)ccc3Nc3ccccc32)CC1. The number of nitrogens with zero attached hydrogens (tertiary/aromatic N) is 3. The van der Waals surface area contributed by atoms with Gasteiger partial charge in [0.2, 0.25) is 0 Å². The lowest BCUT2D eigenvalue weighted by atomic mass is 10.1. The Hall–Kier alpha value is -3.06. The number of amidine groups is 1. The molecule has 2 heterocycles. The molecule has 0 unspecified atom stereocenters. The van der Waals surface area contributed by atoms with Gasteiger partial charge in [-0.2, -0.15) is 5.43 Å². The maximum Gasteiger partial charge on any atom is 0.297 e. The van der Waals surface area contributed by atoms with Crippen molar-refractivity contribution < 1.29 is 9.39 Å². The van der Waals surface area contributed by atoms with Gasteiger partial charge in [-0.15, -0.1) is 0 Å². The van der Waals surface area contributed by atoms with Crippen LogP contribution in [0.4, 0.5) is 17.1 Å². The Kier molecular flexibility index (Phi) is 5.74. The summed E-state index contributed by atoms with van der Waals surface area (Å²) >= 11 is 12.5. The van der Waals surface area contributed by atoms with Gasteiger partial charge in [0.25, 0.3) is 5.91 Å². The third-order valence-electron chi connectivity index (χ3n) is 6.14. The number of likely N-dealkylation sites (N-methyl/N-ethyl adjacent to an activating group) is 1. The molecular weight excluding hydrogens is 457 g/mol. The van der Waals surface area contributed by atoms with Crippen LogP contribution in [0.15, 0.2) is 71.7 Å². The molecule has 5 rings (SSSR count). The van der Waals surface area contributed by atoms with E-state index in [4.69, 9.17) is 28.2 Å². The van der Waals surface area contributed by atoms with Gasteiger partial charge in [-0.1, -0.05) is 47.5 Å². The molecule has 33 heavy (non-hydrogen) atoms. The van der Waals surface area contributed by atoms with Gasteiger partial charge in [-0.05, 0) is 42.5 Å². The van der Waals surface area contributed by atoms with Crippen molar-refractivity contribution in [1.29, 1.82) is 0 Å². The van der Waals surface area contributed by atoms with Crippen LogP contribution in [0.25, 0.3) is 0 Å². The minimum Gasteiger partial charge on any atom is -0.353 e. The molecule has 2 N–H and O–H groups in total. The molecule has 3 aromatic rings. The molecule has 0 radical (unpaired) electrons. The third-order valence-corrected chi connectivity index (χ3v) is 6.70. The van der Waals surface area contributed by atoms with Crippen LogP contribution in [0.3, 0.4) is 0 Å². The van der Waals surface area contributed by atoms with E-state index in [0.717, 1.165) is 54.6 Å². The molecule has 6 nitrogen and oxygen atoms in total. The smallest absolute Gasteiger partial charge is 0.297 e. The van der Waals surface area contributed by atoms with E-state index < -0.39 is 0 Å². The fourth-order valence-corrected chi connectivity index (χ4v) is 4.62.